The van der Waals surface area contributed by atoms with Gasteiger partial charge in [0.25, 0.3) is 10.1 Å². The van der Waals surface area contributed by atoms with E-state index in [4.69, 9.17) is 14.0 Å². The summed E-state index contributed by atoms with van der Waals surface area (Å²) in [6.45, 7) is 9.93. The molecule has 0 spiro atoms. The first-order valence-electron chi connectivity index (χ1n) is 13.4. The molecule has 0 bridgehead atoms. The second kappa shape index (κ2) is 12.6. The van der Waals surface area contributed by atoms with Gasteiger partial charge in [0, 0.05) is 5.56 Å². The van der Waals surface area contributed by atoms with E-state index >= 15 is 0 Å². The van der Waals surface area contributed by atoms with E-state index in [0.29, 0.717) is 12.8 Å². The van der Waals surface area contributed by atoms with Crippen LogP contribution < -0.4 is 4.74 Å². The summed E-state index contributed by atoms with van der Waals surface area (Å²) in [6, 6.07) is 27.3. The Morgan fingerprint density at radius 3 is 2.10 bits per heavy atom. The van der Waals surface area contributed by atoms with Crippen LogP contribution in [-0.4, -0.2) is 36.9 Å². The molecule has 0 aliphatic heterocycles. The Labute approximate surface area is 240 Å². The predicted octanol–water partition coefficient (Wildman–Crippen LogP) is 6.83. The van der Waals surface area contributed by atoms with Gasteiger partial charge in [-0.2, -0.15) is 8.42 Å². The highest BCUT2D eigenvalue weighted by Crippen LogP contribution is 2.45. The van der Waals surface area contributed by atoms with Gasteiger partial charge in [-0.1, -0.05) is 48.6 Å². The lowest BCUT2D eigenvalue weighted by Gasteiger charge is -2.31. The molecule has 0 amide bonds. The normalized spacial score (nSPS) is 18.0. The molecule has 0 heterocycles. The third kappa shape index (κ3) is 7.99. The van der Waals surface area contributed by atoms with E-state index in [0.717, 1.165) is 17.7 Å². The zero-order valence-corrected chi connectivity index (χ0v) is 24.8. The molecule has 2 atom stereocenters. The van der Waals surface area contributed by atoms with Gasteiger partial charge in [0.05, 0.1) is 16.8 Å². The molecule has 2 unspecified atom stereocenters. The fraction of sp³-hybridized carbons (Fsp3) is 0.344. The van der Waals surface area contributed by atoms with E-state index in [9.17, 15) is 13.2 Å². The highest BCUT2D eigenvalue weighted by molar-refractivity contribution is 7.97. The molecule has 0 aromatic heterocycles. The lowest BCUT2D eigenvalue weighted by atomic mass is 9.76. The summed E-state index contributed by atoms with van der Waals surface area (Å²) in [6.07, 6.45) is 1.89. The Kier molecular flexibility index (Phi) is 9.44. The summed E-state index contributed by atoms with van der Waals surface area (Å²) in [5, 5.41) is 0. The number of esters is 1. The van der Waals surface area contributed by atoms with Crippen LogP contribution in [0.25, 0.3) is 0 Å². The van der Waals surface area contributed by atoms with Crippen LogP contribution >= 0.6 is 0 Å². The van der Waals surface area contributed by atoms with Crippen molar-refractivity contribution in [2.75, 3.05) is 12.4 Å². The maximum atomic E-state index is 12.7. The Morgan fingerprint density at radius 1 is 0.975 bits per heavy atom. The van der Waals surface area contributed by atoms with Crippen molar-refractivity contribution in [3.05, 3.63) is 96.6 Å². The van der Waals surface area contributed by atoms with Crippen molar-refractivity contribution in [1.82, 2.24) is 0 Å². The predicted molar refractivity (Wildman–Crippen MR) is 158 cm³/mol. The average molecular weight is 582 g/mol. The highest BCUT2D eigenvalue weighted by atomic mass is 32.2. The smallest absolute Gasteiger partial charge is 0.313 e. The number of carbonyl (C=O) groups is 1. The maximum absolute atomic E-state index is 12.7. The van der Waals surface area contributed by atoms with Gasteiger partial charge in [-0.25, -0.2) is 0 Å². The third-order valence-electron chi connectivity index (χ3n) is 6.70. The van der Waals surface area contributed by atoms with Crippen molar-refractivity contribution < 1.29 is 27.2 Å². The number of carbonyl (C=O) groups excluding carboxylic acids is 1. The molecule has 3 aromatic carbocycles. The number of hydrogen-bond acceptors (Lipinski definition) is 5. The zero-order valence-electron chi connectivity index (χ0n) is 23.2. The van der Waals surface area contributed by atoms with Crippen molar-refractivity contribution in [1.29, 1.82) is 0 Å². The first-order chi connectivity index (χ1) is 18.9. The molecule has 1 saturated carbocycles. The second-order valence-electron chi connectivity index (χ2n) is 11.0. The number of benzene rings is 3. The van der Waals surface area contributed by atoms with Crippen LogP contribution in [0.15, 0.2) is 106 Å². The molecule has 0 saturated heterocycles. The quantitative estimate of drug-likeness (QED) is 0.129. The Bertz CT molecular complexity index is 1390. The SMILES string of the molecule is C=C1CC(c2cc(OC(C)(C)C)ccc2[S+](c2ccccc2)c2ccccc2)CCC1C(=O)OCCS(=O)(=O)O. The lowest BCUT2D eigenvalue weighted by molar-refractivity contribution is -0.147. The van der Waals surface area contributed by atoms with Gasteiger partial charge in [0.1, 0.15) is 23.7 Å². The molecule has 1 aliphatic carbocycles. The van der Waals surface area contributed by atoms with Gasteiger partial charge in [-0.3, -0.25) is 9.35 Å². The van der Waals surface area contributed by atoms with Crippen LogP contribution in [0.1, 0.15) is 51.5 Å². The van der Waals surface area contributed by atoms with Gasteiger partial charge < -0.3 is 9.47 Å². The molecule has 1 aliphatic rings. The summed E-state index contributed by atoms with van der Waals surface area (Å²) in [7, 11) is -4.55. The summed E-state index contributed by atoms with van der Waals surface area (Å²) in [5.41, 5.74) is 1.59. The van der Waals surface area contributed by atoms with Gasteiger partial charge in [-0.05, 0) is 88.4 Å². The van der Waals surface area contributed by atoms with E-state index in [1.165, 1.54) is 20.2 Å². The Hall–Kier alpha value is -3.07. The molecule has 4 rings (SSSR count). The zero-order chi connectivity index (χ0) is 28.9. The minimum atomic E-state index is -4.20. The fourth-order valence-electron chi connectivity index (χ4n) is 4.98. The first-order valence-corrected chi connectivity index (χ1v) is 16.2. The van der Waals surface area contributed by atoms with Crippen molar-refractivity contribution >= 4 is 27.0 Å². The minimum Gasteiger partial charge on any atom is -0.488 e. The summed E-state index contributed by atoms with van der Waals surface area (Å²) in [5.74, 6) is -0.697. The first kappa shape index (κ1) is 29.9. The number of rotatable bonds is 9. The van der Waals surface area contributed by atoms with Gasteiger partial charge >= 0.3 is 5.97 Å². The number of ether oxygens (including phenoxy) is 2. The fourth-order valence-corrected chi connectivity index (χ4v) is 7.58. The Morgan fingerprint density at radius 2 is 1.57 bits per heavy atom. The van der Waals surface area contributed by atoms with Gasteiger partial charge in [0.2, 0.25) is 0 Å². The van der Waals surface area contributed by atoms with E-state index < -0.39 is 27.8 Å². The highest BCUT2D eigenvalue weighted by Gasteiger charge is 2.37. The van der Waals surface area contributed by atoms with Crippen molar-refractivity contribution in [3.63, 3.8) is 0 Å². The molecular formula is C32H37O6S2+. The van der Waals surface area contributed by atoms with Crippen LogP contribution in [0.3, 0.4) is 0 Å². The van der Waals surface area contributed by atoms with Crippen LogP contribution in [0.2, 0.25) is 0 Å². The molecule has 40 heavy (non-hydrogen) atoms. The standard InChI is InChI=1S/C32H36O6S2/c1-23-21-24(15-17-28(23)31(33)37-19-20-40(34,35)36)29-22-25(38-32(2,3)4)16-18-30(29)39(26-11-7-5-8-12-26)27-13-9-6-10-14-27/h5-14,16,18,22,24,28H,1,15,17,19-21H2,2-4H3/p+1. The second-order valence-corrected chi connectivity index (χ2v) is 14.6. The van der Waals surface area contributed by atoms with E-state index in [1.807, 2.05) is 39.0 Å². The lowest BCUT2D eigenvalue weighted by Crippen LogP contribution is -2.27. The van der Waals surface area contributed by atoms with Crippen LogP contribution in [0.4, 0.5) is 0 Å². The molecule has 1 N–H and O–H groups in total. The van der Waals surface area contributed by atoms with Crippen LogP contribution in [-0.2, 0) is 30.5 Å². The Balaban J connectivity index is 1.68. The summed E-state index contributed by atoms with van der Waals surface area (Å²) in [4.78, 5) is 16.4. The topological polar surface area (TPSA) is 89.9 Å². The van der Waals surface area contributed by atoms with Crippen LogP contribution in [0.5, 0.6) is 5.75 Å². The van der Waals surface area contributed by atoms with E-state index in [2.05, 4.69) is 67.2 Å². The molecule has 8 heteroatoms. The van der Waals surface area contributed by atoms with E-state index in [1.54, 1.807) is 0 Å². The molecule has 3 aromatic rings. The minimum absolute atomic E-state index is 0.121. The maximum Gasteiger partial charge on any atom is 0.313 e. The third-order valence-corrected chi connectivity index (χ3v) is 9.68. The van der Waals surface area contributed by atoms with Crippen LogP contribution in [0, 0.1) is 5.92 Å². The van der Waals surface area contributed by atoms with Crippen molar-refractivity contribution in [3.8, 4) is 5.75 Å². The molecule has 0 radical (unpaired) electrons. The molecule has 212 valence electrons. The summed E-state index contributed by atoms with van der Waals surface area (Å²) < 4.78 is 42.4. The molecular weight excluding hydrogens is 544 g/mol. The van der Waals surface area contributed by atoms with Gasteiger partial charge in [-0.15, -0.1) is 0 Å². The van der Waals surface area contributed by atoms with Crippen molar-refractivity contribution in [2.45, 2.75) is 66.2 Å². The molecule has 6 nitrogen and oxygen atoms in total. The average Bonchev–Trinajstić information content (AvgIpc) is 2.89. The largest absolute Gasteiger partial charge is 0.488 e. The number of hydrogen-bond donors (Lipinski definition) is 1. The van der Waals surface area contributed by atoms with Crippen molar-refractivity contribution in [2.24, 2.45) is 5.92 Å². The molecule has 1 fully saturated rings. The van der Waals surface area contributed by atoms with Gasteiger partial charge in [0.15, 0.2) is 14.7 Å². The monoisotopic (exact) mass is 581 g/mol. The summed E-state index contributed by atoms with van der Waals surface area (Å²) >= 11 is 0. The van der Waals surface area contributed by atoms with E-state index in [-0.39, 0.29) is 29.0 Å².